The second kappa shape index (κ2) is 5.15. The van der Waals surface area contributed by atoms with Gasteiger partial charge in [-0.25, -0.2) is 0 Å². The van der Waals surface area contributed by atoms with E-state index in [2.05, 4.69) is 5.32 Å². The summed E-state index contributed by atoms with van der Waals surface area (Å²) in [7, 11) is 0. The summed E-state index contributed by atoms with van der Waals surface area (Å²) in [5.41, 5.74) is 0. The predicted octanol–water partition coefficient (Wildman–Crippen LogP) is 0.848. The van der Waals surface area contributed by atoms with E-state index in [0.29, 0.717) is 11.8 Å². The standard InChI is InChI=1S/C12H21NO3/c14-6-2-1-5-13-11-9-4-3-8(7-9)10(11)12(15)16/h8-11,13-14H,1-7H2,(H,15,16). The molecule has 4 heteroatoms. The van der Waals surface area contributed by atoms with Crippen molar-refractivity contribution in [2.75, 3.05) is 13.2 Å². The molecule has 2 aliphatic carbocycles. The minimum absolute atomic E-state index is 0.173. The fourth-order valence-corrected chi connectivity index (χ4v) is 3.45. The van der Waals surface area contributed by atoms with Crippen molar-refractivity contribution in [1.82, 2.24) is 5.32 Å². The summed E-state index contributed by atoms with van der Waals surface area (Å²) in [5, 5.41) is 21.3. The zero-order chi connectivity index (χ0) is 11.5. The Labute approximate surface area is 96.0 Å². The van der Waals surface area contributed by atoms with Gasteiger partial charge in [0, 0.05) is 12.6 Å². The summed E-state index contributed by atoms with van der Waals surface area (Å²) >= 11 is 0. The van der Waals surface area contributed by atoms with Crippen molar-refractivity contribution in [1.29, 1.82) is 0 Å². The van der Waals surface area contributed by atoms with Gasteiger partial charge >= 0.3 is 5.97 Å². The summed E-state index contributed by atoms with van der Waals surface area (Å²) in [6.07, 6.45) is 5.10. The first-order valence-electron chi connectivity index (χ1n) is 6.31. The van der Waals surface area contributed by atoms with E-state index in [1.54, 1.807) is 0 Å². The van der Waals surface area contributed by atoms with E-state index < -0.39 is 5.97 Å². The minimum atomic E-state index is -0.633. The number of fused-ring (bicyclic) bond motifs is 2. The average Bonchev–Trinajstić information content (AvgIpc) is 2.83. The first-order valence-corrected chi connectivity index (χ1v) is 6.31. The van der Waals surface area contributed by atoms with E-state index in [4.69, 9.17) is 5.11 Å². The van der Waals surface area contributed by atoms with Gasteiger partial charge < -0.3 is 15.5 Å². The molecule has 2 bridgehead atoms. The van der Waals surface area contributed by atoms with Crippen LogP contribution < -0.4 is 5.32 Å². The minimum Gasteiger partial charge on any atom is -0.481 e. The highest BCUT2D eigenvalue weighted by Crippen LogP contribution is 2.48. The zero-order valence-corrected chi connectivity index (χ0v) is 9.56. The van der Waals surface area contributed by atoms with Crippen molar-refractivity contribution in [3.63, 3.8) is 0 Å². The van der Waals surface area contributed by atoms with Gasteiger partial charge in [-0.05, 0) is 50.5 Å². The van der Waals surface area contributed by atoms with Crippen LogP contribution in [0.25, 0.3) is 0 Å². The molecule has 0 radical (unpaired) electrons. The van der Waals surface area contributed by atoms with Crippen LogP contribution in [0.3, 0.4) is 0 Å². The lowest BCUT2D eigenvalue weighted by Gasteiger charge is -2.29. The van der Waals surface area contributed by atoms with Crippen LogP contribution in [-0.4, -0.2) is 35.4 Å². The molecule has 4 unspecified atom stereocenters. The van der Waals surface area contributed by atoms with Gasteiger partial charge in [0.1, 0.15) is 0 Å². The highest BCUT2D eigenvalue weighted by Gasteiger charge is 2.50. The maximum atomic E-state index is 11.2. The molecule has 2 rings (SSSR count). The Morgan fingerprint density at radius 3 is 2.69 bits per heavy atom. The molecule has 0 aromatic carbocycles. The first kappa shape index (κ1) is 11.9. The van der Waals surface area contributed by atoms with E-state index in [9.17, 15) is 9.90 Å². The number of hydrogen-bond acceptors (Lipinski definition) is 3. The van der Waals surface area contributed by atoms with E-state index in [1.807, 2.05) is 0 Å². The maximum Gasteiger partial charge on any atom is 0.308 e. The molecule has 0 saturated heterocycles. The van der Waals surface area contributed by atoms with E-state index in [1.165, 1.54) is 6.42 Å². The molecule has 2 saturated carbocycles. The number of hydrogen-bond donors (Lipinski definition) is 3. The Morgan fingerprint density at radius 1 is 1.25 bits per heavy atom. The van der Waals surface area contributed by atoms with Crippen LogP contribution in [0.1, 0.15) is 32.1 Å². The smallest absolute Gasteiger partial charge is 0.308 e. The highest BCUT2D eigenvalue weighted by molar-refractivity contribution is 5.72. The predicted molar refractivity (Wildman–Crippen MR) is 60.1 cm³/mol. The van der Waals surface area contributed by atoms with Gasteiger partial charge in [-0.3, -0.25) is 4.79 Å². The van der Waals surface area contributed by atoms with Crippen molar-refractivity contribution < 1.29 is 15.0 Å². The number of aliphatic carboxylic acids is 1. The van der Waals surface area contributed by atoms with Crippen LogP contribution in [0.5, 0.6) is 0 Å². The molecule has 0 amide bonds. The monoisotopic (exact) mass is 227 g/mol. The van der Waals surface area contributed by atoms with Crippen molar-refractivity contribution in [3.8, 4) is 0 Å². The Hall–Kier alpha value is -0.610. The van der Waals surface area contributed by atoms with Crippen LogP contribution in [-0.2, 0) is 4.79 Å². The summed E-state index contributed by atoms with van der Waals surface area (Å²) in [6, 6.07) is 0.176. The van der Waals surface area contributed by atoms with Gasteiger partial charge in [0.15, 0.2) is 0 Å². The van der Waals surface area contributed by atoms with Gasteiger partial charge in [-0.1, -0.05) is 0 Å². The SMILES string of the molecule is O=C(O)C1C2CCC(C2)C1NCCCCO. The Balaban J connectivity index is 1.84. The lowest BCUT2D eigenvalue weighted by Crippen LogP contribution is -2.44. The molecule has 0 aromatic heterocycles. The van der Waals surface area contributed by atoms with Crippen LogP contribution in [0.4, 0.5) is 0 Å². The summed E-state index contributed by atoms with van der Waals surface area (Å²) in [4.78, 5) is 11.2. The Kier molecular flexibility index (Phi) is 3.82. The molecule has 2 aliphatic rings. The molecule has 4 nitrogen and oxygen atoms in total. The summed E-state index contributed by atoms with van der Waals surface area (Å²) in [5.74, 6) is 0.165. The number of carbonyl (C=O) groups is 1. The molecule has 2 fully saturated rings. The van der Waals surface area contributed by atoms with Gasteiger partial charge in [0.05, 0.1) is 5.92 Å². The average molecular weight is 227 g/mol. The molecule has 16 heavy (non-hydrogen) atoms. The number of aliphatic hydroxyl groups excluding tert-OH is 1. The van der Waals surface area contributed by atoms with Crippen LogP contribution in [0, 0.1) is 17.8 Å². The second-order valence-electron chi connectivity index (χ2n) is 5.11. The molecular formula is C12H21NO3. The number of nitrogens with one attached hydrogen (secondary N) is 1. The van der Waals surface area contributed by atoms with Crippen LogP contribution >= 0.6 is 0 Å². The van der Waals surface area contributed by atoms with Crippen LogP contribution in [0.2, 0.25) is 0 Å². The maximum absolute atomic E-state index is 11.2. The molecule has 4 atom stereocenters. The number of aliphatic hydroxyl groups is 1. The van der Waals surface area contributed by atoms with Gasteiger partial charge in [0.2, 0.25) is 0 Å². The quantitative estimate of drug-likeness (QED) is 0.588. The van der Waals surface area contributed by atoms with Gasteiger partial charge in [-0.2, -0.15) is 0 Å². The lowest BCUT2D eigenvalue weighted by molar-refractivity contribution is -0.144. The summed E-state index contributed by atoms with van der Waals surface area (Å²) in [6.45, 7) is 1.05. The largest absolute Gasteiger partial charge is 0.481 e. The van der Waals surface area contributed by atoms with Crippen LogP contribution in [0.15, 0.2) is 0 Å². The number of carboxylic acid groups (broad SMARTS) is 1. The molecule has 0 aromatic rings. The molecule has 0 aliphatic heterocycles. The first-order chi connectivity index (χ1) is 7.74. The fraction of sp³-hybridized carbons (Fsp3) is 0.917. The second-order valence-corrected chi connectivity index (χ2v) is 5.11. The zero-order valence-electron chi connectivity index (χ0n) is 9.56. The fourth-order valence-electron chi connectivity index (χ4n) is 3.45. The molecule has 3 N–H and O–H groups in total. The lowest BCUT2D eigenvalue weighted by atomic mass is 9.84. The highest BCUT2D eigenvalue weighted by atomic mass is 16.4. The molecule has 92 valence electrons. The third-order valence-electron chi connectivity index (χ3n) is 4.17. The van der Waals surface area contributed by atoms with Gasteiger partial charge in [0.25, 0.3) is 0 Å². The molecule has 0 heterocycles. The number of rotatable bonds is 6. The molecular weight excluding hydrogens is 206 g/mol. The van der Waals surface area contributed by atoms with Gasteiger partial charge in [-0.15, -0.1) is 0 Å². The normalized spacial score (nSPS) is 36.8. The van der Waals surface area contributed by atoms with E-state index >= 15 is 0 Å². The van der Waals surface area contributed by atoms with E-state index in [0.717, 1.165) is 32.2 Å². The number of unbranched alkanes of at least 4 members (excludes halogenated alkanes) is 1. The third-order valence-corrected chi connectivity index (χ3v) is 4.17. The third kappa shape index (κ3) is 2.23. The van der Waals surface area contributed by atoms with Crippen molar-refractivity contribution in [3.05, 3.63) is 0 Å². The van der Waals surface area contributed by atoms with E-state index in [-0.39, 0.29) is 18.6 Å². The Morgan fingerprint density at radius 2 is 2.00 bits per heavy atom. The van der Waals surface area contributed by atoms with Crippen molar-refractivity contribution in [2.24, 2.45) is 17.8 Å². The summed E-state index contributed by atoms with van der Waals surface area (Å²) < 4.78 is 0. The molecule has 0 spiro atoms. The number of carboxylic acids is 1. The topological polar surface area (TPSA) is 69.6 Å². The van der Waals surface area contributed by atoms with Crippen molar-refractivity contribution >= 4 is 5.97 Å². The Bertz CT molecular complexity index is 257. The van der Waals surface area contributed by atoms with Crippen molar-refractivity contribution in [2.45, 2.75) is 38.1 Å².